The number of hydrogen-bond acceptors (Lipinski definition) is 2. The monoisotopic (exact) mass is 228 g/mol. The third-order valence-corrected chi connectivity index (χ3v) is 3.10. The SMILES string of the molecule is NC(=S)CCNC(=O)C1CCCCCC1. The summed E-state index contributed by atoms with van der Waals surface area (Å²) in [5.74, 6) is 0.409. The molecule has 0 saturated heterocycles. The highest BCUT2D eigenvalue weighted by Crippen LogP contribution is 2.22. The largest absolute Gasteiger partial charge is 0.393 e. The van der Waals surface area contributed by atoms with Crippen molar-refractivity contribution in [1.82, 2.24) is 5.32 Å². The maximum atomic E-state index is 11.7. The summed E-state index contributed by atoms with van der Waals surface area (Å²) in [6, 6.07) is 0. The van der Waals surface area contributed by atoms with Crippen LogP contribution < -0.4 is 11.1 Å². The molecule has 1 saturated carbocycles. The van der Waals surface area contributed by atoms with Gasteiger partial charge in [-0.1, -0.05) is 37.9 Å². The molecule has 0 atom stereocenters. The zero-order valence-electron chi connectivity index (χ0n) is 9.13. The molecule has 4 heteroatoms. The molecule has 1 amide bonds. The van der Waals surface area contributed by atoms with Gasteiger partial charge in [-0.25, -0.2) is 0 Å². The Kier molecular flexibility index (Phi) is 5.61. The number of hydrogen-bond donors (Lipinski definition) is 2. The Hall–Kier alpha value is -0.640. The lowest BCUT2D eigenvalue weighted by Crippen LogP contribution is -2.32. The van der Waals surface area contributed by atoms with Crippen molar-refractivity contribution in [2.75, 3.05) is 6.54 Å². The van der Waals surface area contributed by atoms with E-state index in [4.69, 9.17) is 18.0 Å². The van der Waals surface area contributed by atoms with E-state index in [0.29, 0.717) is 18.0 Å². The van der Waals surface area contributed by atoms with E-state index in [1.165, 1.54) is 25.7 Å². The number of carbonyl (C=O) groups excluding carboxylic acids is 1. The topological polar surface area (TPSA) is 55.1 Å². The Morgan fingerprint density at radius 2 is 1.87 bits per heavy atom. The number of nitrogens with two attached hydrogens (primary N) is 1. The molecule has 1 aliphatic carbocycles. The molecule has 1 rings (SSSR count). The lowest BCUT2D eigenvalue weighted by molar-refractivity contribution is -0.125. The van der Waals surface area contributed by atoms with Gasteiger partial charge >= 0.3 is 0 Å². The Balaban J connectivity index is 2.22. The molecule has 0 aromatic heterocycles. The first-order chi connectivity index (χ1) is 7.20. The molecule has 0 radical (unpaired) electrons. The normalized spacial score (nSPS) is 18.1. The molecule has 0 heterocycles. The maximum absolute atomic E-state index is 11.7. The van der Waals surface area contributed by atoms with E-state index in [1.807, 2.05) is 0 Å². The van der Waals surface area contributed by atoms with E-state index in [2.05, 4.69) is 5.32 Å². The van der Waals surface area contributed by atoms with Crippen LogP contribution in [0.3, 0.4) is 0 Å². The zero-order valence-corrected chi connectivity index (χ0v) is 9.94. The minimum absolute atomic E-state index is 0.188. The summed E-state index contributed by atoms with van der Waals surface area (Å²) < 4.78 is 0. The number of carbonyl (C=O) groups is 1. The fourth-order valence-electron chi connectivity index (χ4n) is 1.99. The molecular weight excluding hydrogens is 208 g/mol. The highest BCUT2D eigenvalue weighted by molar-refractivity contribution is 7.80. The highest BCUT2D eigenvalue weighted by atomic mass is 32.1. The van der Waals surface area contributed by atoms with Crippen molar-refractivity contribution >= 4 is 23.1 Å². The van der Waals surface area contributed by atoms with Crippen LogP contribution >= 0.6 is 12.2 Å². The van der Waals surface area contributed by atoms with Gasteiger partial charge in [0.05, 0.1) is 4.99 Å². The number of amides is 1. The van der Waals surface area contributed by atoms with Gasteiger partial charge in [-0.3, -0.25) is 4.79 Å². The van der Waals surface area contributed by atoms with Gasteiger partial charge in [-0.05, 0) is 12.8 Å². The van der Waals surface area contributed by atoms with Crippen molar-refractivity contribution in [3.8, 4) is 0 Å². The molecule has 0 bridgehead atoms. The molecule has 86 valence electrons. The van der Waals surface area contributed by atoms with Gasteiger partial charge in [0, 0.05) is 18.9 Å². The van der Waals surface area contributed by atoms with Crippen molar-refractivity contribution in [1.29, 1.82) is 0 Å². The van der Waals surface area contributed by atoms with Crippen molar-refractivity contribution in [3.05, 3.63) is 0 Å². The minimum atomic E-state index is 0.188. The molecule has 15 heavy (non-hydrogen) atoms. The quantitative estimate of drug-likeness (QED) is 0.569. The summed E-state index contributed by atoms with van der Waals surface area (Å²) in [6.45, 7) is 0.588. The van der Waals surface area contributed by atoms with Crippen LogP contribution in [0.5, 0.6) is 0 Å². The smallest absolute Gasteiger partial charge is 0.223 e. The van der Waals surface area contributed by atoms with E-state index in [0.717, 1.165) is 12.8 Å². The fourth-order valence-corrected chi connectivity index (χ4v) is 2.10. The highest BCUT2D eigenvalue weighted by Gasteiger charge is 2.19. The van der Waals surface area contributed by atoms with Crippen molar-refractivity contribution in [2.24, 2.45) is 11.7 Å². The molecule has 0 spiro atoms. The average Bonchev–Trinajstić information content (AvgIpc) is 2.44. The number of nitrogens with one attached hydrogen (secondary N) is 1. The van der Waals surface area contributed by atoms with Crippen molar-refractivity contribution < 1.29 is 4.79 Å². The van der Waals surface area contributed by atoms with Gasteiger partial charge in [0.1, 0.15) is 0 Å². The number of rotatable bonds is 4. The van der Waals surface area contributed by atoms with Gasteiger partial charge in [0.25, 0.3) is 0 Å². The van der Waals surface area contributed by atoms with Crippen LogP contribution in [0.4, 0.5) is 0 Å². The first kappa shape index (κ1) is 12.4. The summed E-state index contributed by atoms with van der Waals surface area (Å²) in [7, 11) is 0. The van der Waals surface area contributed by atoms with Gasteiger partial charge < -0.3 is 11.1 Å². The Morgan fingerprint density at radius 1 is 1.27 bits per heavy atom. The Bertz CT molecular complexity index is 223. The molecule has 3 nitrogen and oxygen atoms in total. The van der Waals surface area contributed by atoms with Crippen molar-refractivity contribution in [2.45, 2.75) is 44.9 Å². The van der Waals surface area contributed by atoms with E-state index in [1.54, 1.807) is 0 Å². The van der Waals surface area contributed by atoms with Gasteiger partial charge in [-0.15, -0.1) is 0 Å². The van der Waals surface area contributed by atoms with Crippen LogP contribution in [0.2, 0.25) is 0 Å². The fraction of sp³-hybridized carbons (Fsp3) is 0.818. The van der Waals surface area contributed by atoms with Crippen LogP contribution in [0, 0.1) is 5.92 Å². The first-order valence-corrected chi connectivity index (χ1v) is 6.17. The Morgan fingerprint density at radius 3 is 2.40 bits per heavy atom. The van der Waals surface area contributed by atoms with Gasteiger partial charge in [0.2, 0.25) is 5.91 Å². The van der Waals surface area contributed by atoms with Crippen LogP contribution in [0.15, 0.2) is 0 Å². The summed E-state index contributed by atoms with van der Waals surface area (Å²) >= 11 is 4.75. The molecule has 0 unspecified atom stereocenters. The summed E-state index contributed by atoms with van der Waals surface area (Å²) in [6.07, 6.45) is 7.61. The third-order valence-electron chi connectivity index (χ3n) is 2.90. The second-order valence-corrected chi connectivity index (χ2v) is 4.72. The summed E-state index contributed by atoms with van der Waals surface area (Å²) in [5.41, 5.74) is 5.36. The predicted molar refractivity (Wildman–Crippen MR) is 65.6 cm³/mol. The Labute approximate surface area is 96.8 Å². The molecule has 0 aromatic carbocycles. The predicted octanol–water partition coefficient (Wildman–Crippen LogP) is 1.75. The van der Waals surface area contributed by atoms with Crippen molar-refractivity contribution in [3.63, 3.8) is 0 Å². The van der Waals surface area contributed by atoms with E-state index in [9.17, 15) is 4.79 Å². The molecule has 0 aromatic rings. The second kappa shape index (κ2) is 6.77. The molecule has 1 aliphatic rings. The van der Waals surface area contributed by atoms with Gasteiger partial charge in [-0.2, -0.15) is 0 Å². The second-order valence-electron chi connectivity index (χ2n) is 4.20. The molecule has 1 fully saturated rings. The standard InChI is InChI=1S/C11H20N2OS/c12-10(15)7-8-13-11(14)9-5-3-1-2-4-6-9/h9H,1-8H2,(H2,12,15)(H,13,14). The van der Waals surface area contributed by atoms with E-state index >= 15 is 0 Å². The molecular formula is C11H20N2OS. The van der Waals surface area contributed by atoms with E-state index in [-0.39, 0.29) is 11.8 Å². The van der Waals surface area contributed by atoms with Gasteiger partial charge in [0.15, 0.2) is 0 Å². The lowest BCUT2D eigenvalue weighted by atomic mass is 9.99. The van der Waals surface area contributed by atoms with E-state index < -0.39 is 0 Å². The maximum Gasteiger partial charge on any atom is 0.223 e. The number of thiocarbonyl (C=S) groups is 1. The lowest BCUT2D eigenvalue weighted by Gasteiger charge is -2.13. The zero-order chi connectivity index (χ0) is 11.1. The van der Waals surface area contributed by atoms with Crippen LogP contribution in [-0.2, 0) is 4.79 Å². The summed E-state index contributed by atoms with van der Waals surface area (Å²) in [4.78, 5) is 12.2. The minimum Gasteiger partial charge on any atom is -0.393 e. The average molecular weight is 228 g/mol. The van der Waals surface area contributed by atoms with Crippen LogP contribution in [-0.4, -0.2) is 17.4 Å². The first-order valence-electron chi connectivity index (χ1n) is 5.76. The van der Waals surface area contributed by atoms with Crippen LogP contribution in [0.25, 0.3) is 0 Å². The molecule has 0 aliphatic heterocycles. The summed E-state index contributed by atoms with van der Waals surface area (Å²) in [5, 5.41) is 2.91. The van der Waals surface area contributed by atoms with Crippen LogP contribution in [0.1, 0.15) is 44.9 Å². The third kappa shape index (κ3) is 5.11. The molecule has 3 N–H and O–H groups in total.